The number of rotatable bonds is 2. The Kier molecular flexibility index (Phi) is 4.62. The van der Waals surface area contributed by atoms with Crippen LogP contribution >= 0.6 is 23.2 Å². The van der Waals surface area contributed by atoms with Crippen LogP contribution in [0.4, 0.5) is 4.39 Å². The Hall–Kier alpha value is -2.33. The molecule has 0 bridgehead atoms. The van der Waals surface area contributed by atoms with Crippen LogP contribution in [0.25, 0.3) is 22.0 Å². The van der Waals surface area contributed by atoms with Gasteiger partial charge in [0.1, 0.15) is 5.82 Å². The topological polar surface area (TPSA) is 27.8 Å². The lowest BCUT2D eigenvalue weighted by Crippen LogP contribution is -2.29. The molecule has 3 aromatic carbocycles. The number of aromatic nitrogens is 1. The van der Waals surface area contributed by atoms with E-state index in [-0.39, 0.29) is 11.7 Å². The van der Waals surface area contributed by atoms with Crippen molar-refractivity contribution in [2.75, 3.05) is 6.54 Å². The minimum atomic E-state index is -0.211. The summed E-state index contributed by atoms with van der Waals surface area (Å²) < 4.78 is 15.3. The fourth-order valence-corrected chi connectivity index (χ4v) is 4.57. The molecule has 0 amide bonds. The van der Waals surface area contributed by atoms with Crippen molar-refractivity contribution in [2.24, 2.45) is 0 Å². The number of aromatic amines is 1. The molecule has 1 aliphatic heterocycles. The van der Waals surface area contributed by atoms with Crippen LogP contribution in [-0.2, 0) is 6.54 Å². The largest absolute Gasteiger partial charge is 0.361 e. The van der Waals surface area contributed by atoms with Crippen molar-refractivity contribution in [3.05, 3.63) is 92.8 Å². The van der Waals surface area contributed by atoms with Crippen molar-refractivity contribution in [1.29, 1.82) is 0 Å². The second-order valence-corrected chi connectivity index (χ2v) is 8.45. The first kappa shape index (κ1) is 18.7. The van der Waals surface area contributed by atoms with Crippen LogP contribution < -0.4 is 5.32 Å². The van der Waals surface area contributed by atoms with E-state index in [9.17, 15) is 0 Å². The fraction of sp³-hybridized carbons (Fsp3) is 0.167. The van der Waals surface area contributed by atoms with Crippen molar-refractivity contribution in [2.45, 2.75) is 19.4 Å². The third kappa shape index (κ3) is 3.24. The summed E-state index contributed by atoms with van der Waals surface area (Å²) in [6, 6.07) is 15.5. The summed E-state index contributed by atoms with van der Waals surface area (Å²) in [6.45, 7) is 3.49. The average Bonchev–Trinajstić information content (AvgIpc) is 3.12. The van der Waals surface area contributed by atoms with Crippen LogP contribution in [0.3, 0.4) is 0 Å². The molecule has 0 saturated heterocycles. The van der Waals surface area contributed by atoms with E-state index in [0.29, 0.717) is 22.2 Å². The van der Waals surface area contributed by atoms with Gasteiger partial charge in [0.25, 0.3) is 0 Å². The van der Waals surface area contributed by atoms with Gasteiger partial charge in [-0.25, -0.2) is 4.39 Å². The predicted octanol–water partition coefficient (Wildman–Crippen LogP) is 6.82. The summed E-state index contributed by atoms with van der Waals surface area (Å²) in [5, 5.41) is 5.52. The second-order valence-electron chi connectivity index (χ2n) is 7.64. The number of benzene rings is 3. The minimum absolute atomic E-state index is 0.0303. The molecule has 1 aliphatic rings. The number of aryl methyl sites for hydroxylation is 1. The Morgan fingerprint density at radius 2 is 1.83 bits per heavy atom. The predicted molar refractivity (Wildman–Crippen MR) is 118 cm³/mol. The molecule has 4 aromatic rings. The van der Waals surface area contributed by atoms with E-state index in [0.717, 1.165) is 39.7 Å². The highest BCUT2D eigenvalue weighted by atomic mass is 35.5. The summed E-state index contributed by atoms with van der Waals surface area (Å²) in [5.74, 6) is -0.181. The van der Waals surface area contributed by atoms with Gasteiger partial charge in [-0.3, -0.25) is 0 Å². The average molecular weight is 425 g/mol. The highest BCUT2D eigenvalue weighted by molar-refractivity contribution is 6.42. The van der Waals surface area contributed by atoms with Crippen molar-refractivity contribution in [1.82, 2.24) is 10.3 Å². The van der Waals surface area contributed by atoms with E-state index in [1.807, 2.05) is 37.4 Å². The summed E-state index contributed by atoms with van der Waals surface area (Å²) >= 11 is 12.3. The van der Waals surface area contributed by atoms with E-state index in [2.05, 4.69) is 22.4 Å². The van der Waals surface area contributed by atoms with Gasteiger partial charge in [-0.2, -0.15) is 0 Å². The molecule has 0 spiro atoms. The number of H-pyrrole nitrogens is 1. The van der Waals surface area contributed by atoms with Crippen LogP contribution in [0.1, 0.15) is 28.2 Å². The molecule has 5 rings (SSSR count). The first-order chi connectivity index (χ1) is 14.0. The SMILES string of the molecule is Cc1ccc2c(-c3cc4c(cc3F)C(c3ccc(Cl)c(Cl)c3)CNC4)c[nH]c2c1. The molecule has 1 aromatic heterocycles. The van der Waals surface area contributed by atoms with Crippen LogP contribution in [0.15, 0.2) is 54.7 Å². The molecular formula is C24H19Cl2FN2. The zero-order valence-corrected chi connectivity index (χ0v) is 17.3. The molecule has 29 heavy (non-hydrogen) atoms. The van der Waals surface area contributed by atoms with E-state index in [1.54, 1.807) is 12.1 Å². The van der Waals surface area contributed by atoms with Crippen LogP contribution in [0, 0.1) is 12.7 Å². The lowest BCUT2D eigenvalue weighted by Gasteiger charge is -2.28. The molecule has 1 atom stereocenters. The maximum atomic E-state index is 15.3. The highest BCUT2D eigenvalue weighted by Gasteiger charge is 2.25. The number of halogens is 3. The van der Waals surface area contributed by atoms with Gasteiger partial charge in [0.15, 0.2) is 0 Å². The van der Waals surface area contributed by atoms with Crippen LogP contribution in [0.2, 0.25) is 10.0 Å². The van der Waals surface area contributed by atoms with Crippen molar-refractivity contribution in [3.8, 4) is 11.1 Å². The Balaban J connectivity index is 1.62. The standard InChI is InChI=1S/C24H19Cl2FN2/c1-13-2-4-16-20(12-29-24(16)6-13)18-7-15-10-28-11-19(17(15)9-23(18)27)14-3-5-21(25)22(26)8-14/h2-9,12,19,28-29H,10-11H2,1H3. The van der Waals surface area contributed by atoms with Gasteiger partial charge in [-0.05, 0) is 59.5 Å². The molecule has 0 saturated carbocycles. The van der Waals surface area contributed by atoms with E-state index in [1.165, 1.54) is 5.56 Å². The maximum absolute atomic E-state index is 15.3. The summed E-state index contributed by atoms with van der Waals surface area (Å²) in [6.07, 6.45) is 1.89. The van der Waals surface area contributed by atoms with E-state index < -0.39 is 0 Å². The smallest absolute Gasteiger partial charge is 0.131 e. The van der Waals surface area contributed by atoms with E-state index >= 15 is 4.39 Å². The summed E-state index contributed by atoms with van der Waals surface area (Å²) in [4.78, 5) is 3.27. The lowest BCUT2D eigenvalue weighted by molar-refractivity contribution is 0.576. The minimum Gasteiger partial charge on any atom is -0.361 e. The maximum Gasteiger partial charge on any atom is 0.131 e. The van der Waals surface area contributed by atoms with Crippen molar-refractivity contribution < 1.29 is 4.39 Å². The first-order valence-corrected chi connectivity index (χ1v) is 10.3. The summed E-state index contributed by atoms with van der Waals surface area (Å²) in [5.41, 5.74) is 6.83. The van der Waals surface area contributed by atoms with Gasteiger partial charge in [0.2, 0.25) is 0 Å². The van der Waals surface area contributed by atoms with Crippen molar-refractivity contribution in [3.63, 3.8) is 0 Å². The molecule has 1 unspecified atom stereocenters. The van der Waals surface area contributed by atoms with Crippen LogP contribution in [-0.4, -0.2) is 11.5 Å². The van der Waals surface area contributed by atoms with Crippen molar-refractivity contribution >= 4 is 34.1 Å². The number of hydrogen-bond acceptors (Lipinski definition) is 1. The molecule has 2 heterocycles. The molecule has 0 aliphatic carbocycles. The first-order valence-electron chi connectivity index (χ1n) is 9.57. The number of hydrogen-bond donors (Lipinski definition) is 2. The third-order valence-corrected chi connectivity index (χ3v) is 6.48. The zero-order valence-electron chi connectivity index (χ0n) is 15.8. The van der Waals surface area contributed by atoms with Gasteiger partial charge in [0.05, 0.1) is 10.0 Å². The molecule has 146 valence electrons. The monoisotopic (exact) mass is 424 g/mol. The molecule has 2 nitrogen and oxygen atoms in total. The van der Waals surface area contributed by atoms with Gasteiger partial charge < -0.3 is 10.3 Å². The highest BCUT2D eigenvalue weighted by Crippen LogP contribution is 2.38. The van der Waals surface area contributed by atoms with Gasteiger partial charge in [0, 0.05) is 47.2 Å². The Bertz CT molecular complexity index is 1250. The number of fused-ring (bicyclic) bond motifs is 2. The second kappa shape index (κ2) is 7.17. The molecule has 0 radical (unpaired) electrons. The lowest BCUT2D eigenvalue weighted by atomic mass is 9.84. The van der Waals surface area contributed by atoms with Gasteiger partial charge >= 0.3 is 0 Å². The molecular weight excluding hydrogens is 406 g/mol. The zero-order chi connectivity index (χ0) is 20.1. The quantitative estimate of drug-likeness (QED) is 0.362. The van der Waals surface area contributed by atoms with E-state index in [4.69, 9.17) is 23.2 Å². The molecule has 0 fully saturated rings. The molecule has 5 heteroatoms. The summed E-state index contributed by atoms with van der Waals surface area (Å²) in [7, 11) is 0. The third-order valence-electron chi connectivity index (χ3n) is 5.74. The fourth-order valence-electron chi connectivity index (χ4n) is 4.27. The Labute approximate surface area is 178 Å². The van der Waals surface area contributed by atoms with Crippen LogP contribution in [0.5, 0.6) is 0 Å². The van der Waals surface area contributed by atoms with Gasteiger partial charge in [-0.1, -0.05) is 41.4 Å². The molecule has 2 N–H and O–H groups in total. The Morgan fingerprint density at radius 1 is 0.966 bits per heavy atom. The normalized spacial score (nSPS) is 16.2. The Morgan fingerprint density at radius 3 is 2.66 bits per heavy atom. The van der Waals surface area contributed by atoms with Gasteiger partial charge in [-0.15, -0.1) is 0 Å². The number of nitrogens with one attached hydrogen (secondary N) is 2.